The van der Waals surface area contributed by atoms with Crippen LogP contribution in [0, 0.1) is 0 Å². The average molecular weight is 203 g/mol. The number of hydrogen-bond donors (Lipinski definition) is 2. The van der Waals surface area contributed by atoms with Gasteiger partial charge in [0.25, 0.3) is 0 Å². The Balaban J connectivity index is 4.50. The summed E-state index contributed by atoms with van der Waals surface area (Å²) in [5, 5.41) is 20.0. The Bertz CT molecular complexity index is 146. The van der Waals surface area contributed by atoms with Crippen LogP contribution in [0.1, 0.15) is 47.0 Å². The van der Waals surface area contributed by atoms with Crippen molar-refractivity contribution in [2.45, 2.75) is 58.8 Å². The van der Waals surface area contributed by atoms with Crippen molar-refractivity contribution in [2.24, 2.45) is 0 Å². The van der Waals surface area contributed by atoms with Gasteiger partial charge in [0.2, 0.25) is 0 Å². The minimum absolute atomic E-state index is 0.642. The van der Waals surface area contributed by atoms with E-state index in [0.717, 1.165) is 25.9 Å². The summed E-state index contributed by atoms with van der Waals surface area (Å²) in [6.45, 7) is 9.29. The summed E-state index contributed by atoms with van der Waals surface area (Å²) in [6.07, 6.45) is 1.92. The maximum atomic E-state index is 10.4. The number of aliphatic hydroxyl groups excluding tert-OH is 1. The molecule has 0 saturated carbocycles. The molecule has 14 heavy (non-hydrogen) atoms. The van der Waals surface area contributed by atoms with Crippen molar-refractivity contribution in [3.63, 3.8) is 0 Å². The monoisotopic (exact) mass is 203 g/mol. The number of rotatable bonds is 7. The Morgan fingerprint density at radius 2 is 1.71 bits per heavy atom. The molecule has 0 bridgehead atoms. The van der Waals surface area contributed by atoms with E-state index in [1.165, 1.54) is 0 Å². The molecule has 0 saturated heterocycles. The smallest absolute Gasteiger partial charge is 0.144 e. The van der Waals surface area contributed by atoms with Gasteiger partial charge in [-0.3, -0.25) is 4.90 Å². The summed E-state index contributed by atoms with van der Waals surface area (Å²) in [6, 6.07) is 0. The summed E-state index contributed by atoms with van der Waals surface area (Å²) in [5.74, 6) is 0. The van der Waals surface area contributed by atoms with Gasteiger partial charge in [0, 0.05) is 0 Å². The number of aliphatic hydroxyl groups is 2. The molecule has 0 heterocycles. The first-order chi connectivity index (χ1) is 6.52. The molecule has 0 aliphatic rings. The van der Waals surface area contributed by atoms with Gasteiger partial charge < -0.3 is 10.2 Å². The van der Waals surface area contributed by atoms with Gasteiger partial charge >= 0.3 is 0 Å². The maximum Gasteiger partial charge on any atom is 0.144 e. The van der Waals surface area contributed by atoms with Crippen molar-refractivity contribution in [2.75, 3.05) is 13.1 Å². The van der Waals surface area contributed by atoms with Gasteiger partial charge in [-0.2, -0.15) is 0 Å². The normalized spacial score (nSPS) is 18.2. The van der Waals surface area contributed by atoms with Gasteiger partial charge in [-0.05, 0) is 32.9 Å². The SMILES string of the molecule is CCCCC(O)(C(C)O)N(CC)CC. The van der Waals surface area contributed by atoms with Crippen molar-refractivity contribution < 1.29 is 10.2 Å². The third-order valence-electron chi connectivity index (χ3n) is 2.88. The molecule has 3 heteroatoms. The van der Waals surface area contributed by atoms with E-state index < -0.39 is 11.8 Å². The third kappa shape index (κ3) is 3.23. The zero-order valence-electron chi connectivity index (χ0n) is 9.95. The largest absolute Gasteiger partial charge is 0.389 e. The lowest BCUT2D eigenvalue weighted by Crippen LogP contribution is -2.55. The Kier molecular flexibility index (Phi) is 6.33. The molecule has 0 radical (unpaired) electrons. The summed E-state index contributed by atoms with van der Waals surface area (Å²) in [5.41, 5.74) is -1.04. The molecule has 0 aromatic carbocycles. The standard InChI is InChI=1S/C11H25NO2/c1-5-8-9-11(14,10(4)13)12(6-2)7-3/h10,13-14H,5-9H2,1-4H3. The Labute approximate surface area is 87.7 Å². The molecular weight excluding hydrogens is 178 g/mol. The minimum atomic E-state index is -1.04. The van der Waals surface area contributed by atoms with Gasteiger partial charge in [-0.15, -0.1) is 0 Å². The highest BCUT2D eigenvalue weighted by molar-refractivity contribution is 4.83. The van der Waals surface area contributed by atoms with Crippen molar-refractivity contribution in [1.82, 2.24) is 4.90 Å². The van der Waals surface area contributed by atoms with E-state index in [9.17, 15) is 10.2 Å². The Morgan fingerprint density at radius 3 is 2.00 bits per heavy atom. The quantitative estimate of drug-likeness (QED) is 0.618. The second kappa shape index (κ2) is 6.38. The Hall–Kier alpha value is -0.120. The summed E-state index contributed by atoms with van der Waals surface area (Å²) >= 11 is 0. The molecule has 3 nitrogen and oxygen atoms in total. The third-order valence-corrected chi connectivity index (χ3v) is 2.88. The van der Waals surface area contributed by atoms with Gasteiger partial charge in [0.05, 0.1) is 6.10 Å². The van der Waals surface area contributed by atoms with E-state index in [1.54, 1.807) is 6.92 Å². The minimum Gasteiger partial charge on any atom is -0.389 e. The second-order valence-electron chi connectivity index (χ2n) is 3.83. The van der Waals surface area contributed by atoms with Crippen LogP contribution in [0.25, 0.3) is 0 Å². The van der Waals surface area contributed by atoms with Crippen LogP contribution in [0.3, 0.4) is 0 Å². The lowest BCUT2D eigenvalue weighted by molar-refractivity contribution is -0.176. The molecule has 0 amide bonds. The average Bonchev–Trinajstić information content (AvgIpc) is 2.16. The molecule has 0 spiro atoms. The highest BCUT2D eigenvalue weighted by Crippen LogP contribution is 2.23. The fourth-order valence-corrected chi connectivity index (χ4v) is 1.84. The molecule has 86 valence electrons. The van der Waals surface area contributed by atoms with Crippen LogP contribution in [0.15, 0.2) is 0 Å². The van der Waals surface area contributed by atoms with Crippen LogP contribution >= 0.6 is 0 Å². The van der Waals surface area contributed by atoms with Gasteiger partial charge in [0.15, 0.2) is 0 Å². The van der Waals surface area contributed by atoms with Crippen molar-refractivity contribution in [3.05, 3.63) is 0 Å². The highest BCUT2D eigenvalue weighted by atomic mass is 16.4. The van der Waals surface area contributed by atoms with Crippen LogP contribution in [0.4, 0.5) is 0 Å². The first kappa shape index (κ1) is 13.9. The second-order valence-corrected chi connectivity index (χ2v) is 3.83. The molecule has 0 aromatic heterocycles. The molecule has 2 unspecified atom stereocenters. The van der Waals surface area contributed by atoms with E-state index in [4.69, 9.17) is 0 Å². The van der Waals surface area contributed by atoms with Crippen molar-refractivity contribution in [1.29, 1.82) is 0 Å². The van der Waals surface area contributed by atoms with Gasteiger partial charge in [-0.1, -0.05) is 27.2 Å². The zero-order valence-corrected chi connectivity index (χ0v) is 9.95. The van der Waals surface area contributed by atoms with E-state index in [0.29, 0.717) is 6.42 Å². The molecule has 0 rings (SSSR count). The zero-order chi connectivity index (χ0) is 11.2. The predicted molar refractivity (Wildman–Crippen MR) is 59.1 cm³/mol. The first-order valence-corrected chi connectivity index (χ1v) is 5.68. The number of nitrogens with zero attached hydrogens (tertiary/aromatic N) is 1. The predicted octanol–water partition coefficient (Wildman–Crippen LogP) is 1.59. The number of hydrogen-bond acceptors (Lipinski definition) is 3. The molecule has 2 N–H and O–H groups in total. The van der Waals surface area contributed by atoms with Crippen LogP contribution in [-0.4, -0.2) is 40.0 Å². The van der Waals surface area contributed by atoms with E-state index >= 15 is 0 Å². The molecule has 0 aliphatic heterocycles. The first-order valence-electron chi connectivity index (χ1n) is 5.68. The van der Waals surface area contributed by atoms with Crippen molar-refractivity contribution >= 4 is 0 Å². The molecular formula is C11H25NO2. The number of unbranched alkanes of at least 4 members (excludes halogenated alkanes) is 1. The van der Waals surface area contributed by atoms with Crippen LogP contribution < -0.4 is 0 Å². The Morgan fingerprint density at radius 1 is 1.21 bits per heavy atom. The highest BCUT2D eigenvalue weighted by Gasteiger charge is 2.36. The van der Waals surface area contributed by atoms with Gasteiger partial charge in [-0.25, -0.2) is 0 Å². The van der Waals surface area contributed by atoms with Crippen molar-refractivity contribution in [3.8, 4) is 0 Å². The summed E-state index contributed by atoms with van der Waals surface area (Å²) < 4.78 is 0. The molecule has 2 atom stereocenters. The number of likely N-dealkylation sites (N-methyl/N-ethyl adjacent to an activating group) is 1. The lowest BCUT2D eigenvalue weighted by Gasteiger charge is -2.41. The lowest BCUT2D eigenvalue weighted by atomic mass is 9.98. The molecule has 0 aromatic rings. The van der Waals surface area contributed by atoms with E-state index in [-0.39, 0.29) is 0 Å². The molecule has 0 fully saturated rings. The van der Waals surface area contributed by atoms with Crippen LogP contribution in [0.5, 0.6) is 0 Å². The van der Waals surface area contributed by atoms with Crippen LogP contribution in [-0.2, 0) is 0 Å². The fourth-order valence-electron chi connectivity index (χ4n) is 1.84. The topological polar surface area (TPSA) is 43.7 Å². The summed E-state index contributed by atoms with van der Waals surface area (Å²) in [4.78, 5) is 1.92. The summed E-state index contributed by atoms with van der Waals surface area (Å²) in [7, 11) is 0. The fraction of sp³-hybridized carbons (Fsp3) is 1.00. The maximum absolute atomic E-state index is 10.4. The van der Waals surface area contributed by atoms with E-state index in [1.807, 2.05) is 18.7 Å². The van der Waals surface area contributed by atoms with E-state index in [2.05, 4.69) is 6.92 Å². The molecule has 0 aliphatic carbocycles. The van der Waals surface area contributed by atoms with Gasteiger partial charge in [0.1, 0.15) is 5.72 Å². The van der Waals surface area contributed by atoms with Crippen LogP contribution in [0.2, 0.25) is 0 Å².